The molecule has 0 radical (unpaired) electrons. The lowest BCUT2D eigenvalue weighted by Gasteiger charge is -2.20. The molecule has 0 aliphatic heterocycles. The zero-order valence-corrected chi connectivity index (χ0v) is 16.3. The van der Waals surface area contributed by atoms with Crippen LogP contribution in [0.5, 0.6) is 0 Å². The quantitative estimate of drug-likeness (QED) is 0.448. The number of nitrogens with one attached hydrogen (secondary N) is 2. The average molecular weight is 378 g/mol. The fraction of sp³-hybridized carbons (Fsp3) is 0.421. The molecule has 8 heteroatoms. The molecule has 27 heavy (non-hydrogen) atoms. The van der Waals surface area contributed by atoms with Crippen LogP contribution in [-0.2, 0) is 25.6 Å². The molecule has 2 amide bonds. The van der Waals surface area contributed by atoms with Gasteiger partial charge in [0.15, 0.2) is 0 Å². The minimum absolute atomic E-state index is 0.0200. The van der Waals surface area contributed by atoms with Gasteiger partial charge in [-0.1, -0.05) is 30.3 Å². The molecule has 0 spiro atoms. The zero-order chi connectivity index (χ0) is 20.4. The van der Waals surface area contributed by atoms with E-state index >= 15 is 0 Å². The molecule has 1 aromatic rings. The van der Waals surface area contributed by atoms with Crippen molar-refractivity contribution in [2.45, 2.75) is 39.9 Å². The van der Waals surface area contributed by atoms with Gasteiger partial charge in [-0.2, -0.15) is 0 Å². The Morgan fingerprint density at radius 3 is 2.22 bits per heavy atom. The van der Waals surface area contributed by atoms with E-state index in [4.69, 9.17) is 9.47 Å². The largest absolute Gasteiger partial charge is 0.464 e. The Morgan fingerprint density at radius 1 is 1.04 bits per heavy atom. The van der Waals surface area contributed by atoms with Crippen molar-refractivity contribution in [1.82, 2.24) is 10.6 Å². The summed E-state index contributed by atoms with van der Waals surface area (Å²) in [6.07, 6.45) is -1.45. The van der Waals surface area contributed by atoms with E-state index < -0.39 is 23.8 Å². The van der Waals surface area contributed by atoms with Gasteiger partial charge in [-0.15, -0.1) is 0 Å². The third-order valence-electron chi connectivity index (χ3n) is 3.15. The molecule has 0 fully saturated rings. The van der Waals surface area contributed by atoms with Gasteiger partial charge >= 0.3 is 18.2 Å². The summed E-state index contributed by atoms with van der Waals surface area (Å²) in [5, 5.41) is 4.87. The Labute approximate surface area is 158 Å². The normalized spacial score (nSPS) is 11.7. The number of benzene rings is 1. The van der Waals surface area contributed by atoms with Crippen molar-refractivity contribution in [3.63, 3.8) is 0 Å². The molecule has 0 aliphatic rings. The third-order valence-corrected chi connectivity index (χ3v) is 3.15. The molecule has 0 saturated carbocycles. The van der Waals surface area contributed by atoms with Gasteiger partial charge in [0.05, 0.1) is 7.11 Å². The number of hydrogen-bond donors (Lipinski definition) is 2. The topological polar surface area (TPSA) is 103 Å². The lowest BCUT2D eigenvalue weighted by Crippen LogP contribution is -2.36. The van der Waals surface area contributed by atoms with Crippen molar-refractivity contribution in [2.24, 2.45) is 0 Å². The maximum absolute atomic E-state index is 11.9. The Kier molecular flexibility index (Phi) is 8.32. The number of carbonyl (C=O) groups is 3. The van der Waals surface area contributed by atoms with Crippen LogP contribution in [0.2, 0.25) is 0 Å². The molecule has 8 nitrogen and oxygen atoms in total. The molecule has 0 saturated heterocycles. The van der Waals surface area contributed by atoms with Crippen molar-refractivity contribution < 1.29 is 28.6 Å². The highest BCUT2D eigenvalue weighted by Gasteiger charge is 2.22. The SMILES string of the molecule is COC(=O)/C(NC(=O)OC(C)(C)C)=C(\C)CNC(=O)OCc1ccccc1. The Bertz CT molecular complexity index is 692. The first-order valence-corrected chi connectivity index (χ1v) is 8.35. The molecule has 0 unspecified atom stereocenters. The smallest absolute Gasteiger partial charge is 0.412 e. The molecule has 148 valence electrons. The predicted octanol–water partition coefficient (Wildman–Crippen LogP) is 2.88. The molecule has 1 rings (SSSR count). The van der Waals surface area contributed by atoms with Gasteiger partial charge in [0, 0.05) is 6.54 Å². The van der Waals surface area contributed by atoms with Crippen LogP contribution >= 0.6 is 0 Å². The average Bonchev–Trinajstić information content (AvgIpc) is 2.61. The van der Waals surface area contributed by atoms with Crippen molar-refractivity contribution in [1.29, 1.82) is 0 Å². The number of rotatable bonds is 6. The minimum atomic E-state index is -0.797. The standard InChI is InChI=1S/C19H26N2O6/c1-13(11-20-17(23)26-12-14-9-7-6-8-10-14)15(16(22)25-5)21-18(24)27-19(2,3)4/h6-10H,11-12H2,1-5H3,(H,20,23)(H,21,24)/b15-13-. The molecular weight excluding hydrogens is 352 g/mol. The Hall–Kier alpha value is -3.03. The lowest BCUT2D eigenvalue weighted by atomic mass is 10.2. The van der Waals surface area contributed by atoms with Gasteiger partial charge in [-0.3, -0.25) is 5.32 Å². The Balaban J connectivity index is 2.65. The number of hydrogen-bond acceptors (Lipinski definition) is 6. The molecule has 1 aromatic carbocycles. The van der Waals surface area contributed by atoms with Crippen molar-refractivity contribution in [3.8, 4) is 0 Å². The minimum Gasteiger partial charge on any atom is -0.464 e. The second-order valence-electron chi connectivity index (χ2n) is 6.69. The number of esters is 1. The van der Waals surface area contributed by atoms with Crippen LogP contribution in [0.25, 0.3) is 0 Å². The van der Waals surface area contributed by atoms with E-state index in [1.54, 1.807) is 27.7 Å². The lowest BCUT2D eigenvalue weighted by molar-refractivity contribution is -0.136. The second-order valence-corrected chi connectivity index (χ2v) is 6.69. The fourth-order valence-corrected chi connectivity index (χ4v) is 1.91. The van der Waals surface area contributed by atoms with E-state index in [0.29, 0.717) is 5.57 Å². The van der Waals surface area contributed by atoms with Gasteiger partial charge in [0.1, 0.15) is 17.9 Å². The van der Waals surface area contributed by atoms with Crippen LogP contribution in [-0.4, -0.2) is 37.4 Å². The van der Waals surface area contributed by atoms with E-state index in [2.05, 4.69) is 15.4 Å². The van der Waals surface area contributed by atoms with Crippen molar-refractivity contribution in [3.05, 3.63) is 47.2 Å². The summed E-state index contributed by atoms with van der Waals surface area (Å²) >= 11 is 0. The Morgan fingerprint density at radius 2 is 1.67 bits per heavy atom. The summed E-state index contributed by atoms with van der Waals surface area (Å²) in [5.74, 6) is -0.752. The molecule has 0 aliphatic carbocycles. The number of amides is 2. The molecule has 0 bridgehead atoms. The maximum atomic E-state index is 11.9. The van der Waals surface area contributed by atoms with Crippen LogP contribution in [0.3, 0.4) is 0 Å². The van der Waals surface area contributed by atoms with Crippen LogP contribution in [0.1, 0.15) is 33.3 Å². The predicted molar refractivity (Wildman–Crippen MR) is 98.7 cm³/mol. The van der Waals surface area contributed by atoms with Crippen LogP contribution < -0.4 is 10.6 Å². The summed E-state index contributed by atoms with van der Waals surface area (Å²) in [6.45, 7) is 6.77. The van der Waals surface area contributed by atoms with E-state index in [9.17, 15) is 14.4 Å². The van der Waals surface area contributed by atoms with Gasteiger partial charge < -0.3 is 19.5 Å². The van der Waals surface area contributed by atoms with E-state index in [1.165, 1.54) is 7.11 Å². The number of carbonyl (C=O) groups excluding carboxylic acids is 3. The number of methoxy groups -OCH3 is 1. The summed E-state index contributed by atoms with van der Waals surface area (Å²) in [5.41, 5.74) is 0.403. The molecule has 0 atom stereocenters. The molecular formula is C19H26N2O6. The second kappa shape index (κ2) is 10.2. The maximum Gasteiger partial charge on any atom is 0.412 e. The van der Waals surface area contributed by atoms with Crippen molar-refractivity contribution in [2.75, 3.05) is 13.7 Å². The van der Waals surface area contributed by atoms with Gasteiger partial charge in [0.25, 0.3) is 0 Å². The van der Waals surface area contributed by atoms with E-state index in [-0.39, 0.29) is 18.8 Å². The molecule has 2 N–H and O–H groups in total. The number of ether oxygens (including phenoxy) is 3. The van der Waals surface area contributed by atoms with Gasteiger partial charge in [0.2, 0.25) is 0 Å². The van der Waals surface area contributed by atoms with Crippen LogP contribution in [0, 0.1) is 0 Å². The summed E-state index contributed by atoms with van der Waals surface area (Å²) in [7, 11) is 1.19. The fourth-order valence-electron chi connectivity index (χ4n) is 1.91. The molecule has 0 heterocycles. The first-order chi connectivity index (χ1) is 12.6. The van der Waals surface area contributed by atoms with Crippen molar-refractivity contribution >= 4 is 18.2 Å². The first-order valence-electron chi connectivity index (χ1n) is 8.35. The van der Waals surface area contributed by atoms with E-state index in [0.717, 1.165) is 5.56 Å². The summed E-state index contributed by atoms with van der Waals surface area (Å²) in [6, 6.07) is 9.21. The van der Waals surface area contributed by atoms with Gasteiger partial charge in [-0.05, 0) is 38.8 Å². The third kappa shape index (κ3) is 8.75. The molecule has 0 aromatic heterocycles. The number of alkyl carbamates (subject to hydrolysis) is 2. The van der Waals surface area contributed by atoms with E-state index in [1.807, 2.05) is 30.3 Å². The first kappa shape index (κ1) is 22.0. The van der Waals surface area contributed by atoms with Crippen LogP contribution in [0.15, 0.2) is 41.6 Å². The summed E-state index contributed by atoms with van der Waals surface area (Å²) < 4.78 is 14.9. The summed E-state index contributed by atoms with van der Waals surface area (Å²) in [4.78, 5) is 35.6. The monoisotopic (exact) mass is 378 g/mol. The van der Waals surface area contributed by atoms with Gasteiger partial charge in [-0.25, -0.2) is 14.4 Å². The zero-order valence-electron chi connectivity index (χ0n) is 16.3. The highest BCUT2D eigenvalue weighted by atomic mass is 16.6. The highest BCUT2D eigenvalue weighted by molar-refractivity contribution is 5.93. The highest BCUT2D eigenvalue weighted by Crippen LogP contribution is 2.09. The van der Waals surface area contributed by atoms with Crippen LogP contribution in [0.4, 0.5) is 9.59 Å².